The third-order valence-corrected chi connectivity index (χ3v) is 12.7. The molecule has 0 aliphatic rings. The quantitative estimate of drug-likeness (QED) is 0.0224. The summed E-state index contributed by atoms with van der Waals surface area (Å²) in [6.45, 7) is 19.0. The second-order valence-corrected chi connectivity index (χ2v) is 17.5. The molecule has 0 saturated carbocycles. The molecule has 0 atom stereocenters. The van der Waals surface area contributed by atoms with Gasteiger partial charge in [-0.1, -0.05) is 48.5 Å². The van der Waals surface area contributed by atoms with Crippen molar-refractivity contribution in [1.82, 2.24) is 0 Å². The maximum absolute atomic E-state index is 13.9. The van der Waals surface area contributed by atoms with E-state index < -0.39 is 78.0 Å². The monoisotopic (exact) mass is 1040 g/mol. The maximum atomic E-state index is 13.9. The largest absolute Gasteiger partial charge is 0.461 e. The van der Waals surface area contributed by atoms with Gasteiger partial charge in [0, 0.05) is 75.1 Å². The van der Waals surface area contributed by atoms with Crippen molar-refractivity contribution < 1.29 is 38.1 Å². The molecule has 16 heteroatoms. The Labute approximate surface area is 453 Å². The van der Waals surface area contributed by atoms with Crippen LogP contribution < -0.4 is 19.6 Å². The van der Waals surface area contributed by atoms with E-state index in [2.05, 4.69) is 19.6 Å². The third-order valence-electron chi connectivity index (χ3n) is 12.7. The minimum atomic E-state index is -1.99. The average Bonchev–Trinajstić information content (AvgIpc) is 3.46. The first-order chi connectivity index (χ1) is 37.2. The van der Waals surface area contributed by atoms with Crippen molar-refractivity contribution in [3.05, 3.63) is 142 Å². The fourth-order valence-electron chi connectivity index (χ4n) is 8.13. The van der Waals surface area contributed by atoms with Gasteiger partial charge in [0.1, 0.15) is 78.4 Å². The summed E-state index contributed by atoms with van der Waals surface area (Å²) in [5.74, 6) is -4.51. The zero-order valence-corrected chi connectivity index (χ0v) is 45.4. The first-order valence-electron chi connectivity index (χ1n) is 25.8. The Bertz CT molecular complexity index is 2520. The van der Waals surface area contributed by atoms with E-state index in [4.69, 9.17) is 18.9 Å². The van der Waals surface area contributed by atoms with Crippen molar-refractivity contribution in [2.24, 2.45) is 5.41 Å². The number of carbonyl (C=O) groups is 4. The van der Waals surface area contributed by atoms with Crippen LogP contribution in [0.4, 0.5) is 22.7 Å². The van der Waals surface area contributed by atoms with Gasteiger partial charge < -0.3 is 38.5 Å². The Morgan fingerprint density at radius 2 is 0.519 bits per heavy atom. The van der Waals surface area contributed by atoms with Crippen LogP contribution in [0.1, 0.15) is 77.6 Å². The number of carbonyl (C=O) groups excluding carboxylic acids is 4. The number of esters is 4. The summed E-state index contributed by atoms with van der Waals surface area (Å²) in [4.78, 5) is 64.0. The lowest BCUT2D eigenvalue weighted by molar-refractivity contribution is -0.165. The van der Waals surface area contributed by atoms with Gasteiger partial charge in [0.15, 0.2) is 0 Å². The summed E-state index contributed by atoms with van der Waals surface area (Å²) in [5, 5.41) is 40.8. The number of benzene rings is 4. The Hall–Kier alpha value is -9.12. The molecule has 400 valence electrons. The Morgan fingerprint density at radius 1 is 0.351 bits per heavy atom. The molecular weight excluding hydrogens is 973 g/mol. The molecule has 0 radical (unpaired) electrons. The molecule has 4 rings (SSSR count). The lowest BCUT2D eigenvalue weighted by Crippen LogP contribution is -2.44. The Morgan fingerprint density at radius 3 is 0.662 bits per heavy atom. The van der Waals surface area contributed by atoms with Gasteiger partial charge in [-0.3, -0.25) is 0 Å². The molecule has 0 spiro atoms. The highest BCUT2D eigenvalue weighted by Gasteiger charge is 2.39. The van der Waals surface area contributed by atoms with E-state index in [0.29, 0.717) is 22.3 Å². The number of hydrogen-bond acceptors (Lipinski definition) is 16. The number of nitrogens with zero attached hydrogens (tertiary/aromatic N) is 8. The minimum absolute atomic E-state index is 0.425. The number of hydrogen-bond donors (Lipinski definition) is 0. The lowest BCUT2D eigenvalue weighted by Gasteiger charge is -2.31. The molecule has 0 amide bonds. The van der Waals surface area contributed by atoms with E-state index in [9.17, 15) is 40.2 Å². The number of nitriles is 4. The summed E-state index contributed by atoms with van der Waals surface area (Å²) < 4.78 is 23.0. The summed E-state index contributed by atoms with van der Waals surface area (Å²) in [6, 6.07) is 36.1. The Kier molecular flexibility index (Phi) is 24.3. The zero-order chi connectivity index (χ0) is 56.3. The van der Waals surface area contributed by atoms with Gasteiger partial charge in [-0.25, -0.2) is 19.2 Å². The van der Waals surface area contributed by atoms with Gasteiger partial charge in [-0.15, -0.1) is 0 Å². The van der Waals surface area contributed by atoms with Gasteiger partial charge in [-0.05, 0) is 150 Å². The molecule has 0 aliphatic heterocycles. The van der Waals surface area contributed by atoms with Crippen LogP contribution in [0, 0.1) is 50.7 Å². The number of rotatable bonds is 28. The molecule has 0 aliphatic carbocycles. The molecule has 0 N–H and O–H groups in total. The minimum Gasteiger partial charge on any atom is -0.461 e. The van der Waals surface area contributed by atoms with Gasteiger partial charge in [0.2, 0.25) is 0 Å². The topological polar surface area (TPSA) is 213 Å². The highest BCUT2D eigenvalue weighted by atomic mass is 16.6. The van der Waals surface area contributed by atoms with E-state index in [0.717, 1.165) is 75.1 Å². The maximum Gasteiger partial charge on any atom is 0.348 e. The molecule has 0 heterocycles. The van der Waals surface area contributed by atoms with E-state index in [1.807, 2.05) is 128 Å². The predicted octanol–water partition coefficient (Wildman–Crippen LogP) is 9.96. The highest BCUT2D eigenvalue weighted by molar-refractivity contribution is 6.00. The fraction of sp³-hybridized carbons (Fsp3) is 0.344. The zero-order valence-electron chi connectivity index (χ0n) is 45.4. The third kappa shape index (κ3) is 17.5. The molecule has 16 nitrogen and oxygen atoms in total. The van der Waals surface area contributed by atoms with Gasteiger partial charge >= 0.3 is 23.9 Å². The molecule has 0 saturated heterocycles. The second-order valence-electron chi connectivity index (χ2n) is 17.5. The van der Waals surface area contributed by atoms with Crippen molar-refractivity contribution >= 4 is 70.9 Å². The van der Waals surface area contributed by atoms with Gasteiger partial charge in [0.25, 0.3) is 0 Å². The molecule has 4 aromatic carbocycles. The average molecular weight is 1040 g/mol. The SMILES string of the molecule is CCN(CC)c1ccc(/C=C(\C#N)C(=O)OCC(COC(=O)/C(C#N)=C/c2ccc(N(CC)CC)cc2)(COC(=O)/C(C#N)=C/c2ccc(N(CC)CC)cc2)COC(=O)/C(C#N)=C/c2ccc(N(CC)CC)cc2)cc1. The second kappa shape index (κ2) is 30.9. The van der Waals surface area contributed by atoms with Crippen LogP contribution >= 0.6 is 0 Å². The van der Waals surface area contributed by atoms with Crippen LogP contribution in [0.5, 0.6) is 0 Å². The highest BCUT2D eigenvalue weighted by Crippen LogP contribution is 2.27. The fourth-order valence-corrected chi connectivity index (χ4v) is 8.13. The standard InChI is InChI=1S/C61H68N8O8/c1-9-66(10-2)53-25-17-45(18-26-53)33-49(37-62)57(70)74-41-61(42-75-58(71)50(38-63)34-46-19-27-54(28-20-46)67(11-3)12-4,43-76-59(72)51(39-64)35-47-21-29-55(30-22-47)68(13-5)14-6)44-77-60(73)52(40-65)36-48-23-31-56(32-24-48)69(15-7)16-8/h17-36H,9-16,41-44H2,1-8H3/b49-33+,50-34+,51-35+,52-36+. The molecule has 77 heavy (non-hydrogen) atoms. The molecule has 0 unspecified atom stereocenters. The summed E-state index contributed by atoms with van der Waals surface area (Å²) in [6.07, 6.45) is 5.30. The number of anilines is 4. The molecule has 0 aromatic heterocycles. The van der Waals surface area contributed by atoms with Crippen molar-refractivity contribution in [1.29, 1.82) is 21.0 Å². The van der Waals surface area contributed by atoms with Crippen LogP contribution in [0.3, 0.4) is 0 Å². The first kappa shape index (κ1) is 60.4. The normalized spacial score (nSPS) is 11.7. The van der Waals surface area contributed by atoms with Crippen LogP contribution in [0.2, 0.25) is 0 Å². The van der Waals surface area contributed by atoms with E-state index in [1.165, 1.54) is 24.3 Å². The van der Waals surface area contributed by atoms with Crippen LogP contribution in [-0.2, 0) is 38.1 Å². The summed E-state index contributed by atoms with van der Waals surface area (Å²) in [7, 11) is 0. The first-order valence-corrected chi connectivity index (χ1v) is 25.8. The molecular formula is C61H68N8O8. The summed E-state index contributed by atoms with van der Waals surface area (Å²) >= 11 is 0. The summed E-state index contributed by atoms with van der Waals surface area (Å²) in [5.41, 5.74) is 2.07. The lowest BCUT2D eigenvalue weighted by atomic mass is 9.92. The van der Waals surface area contributed by atoms with Gasteiger partial charge in [0.05, 0.1) is 0 Å². The van der Waals surface area contributed by atoms with Gasteiger partial charge in [-0.2, -0.15) is 21.0 Å². The molecule has 0 bridgehead atoms. The van der Waals surface area contributed by atoms with Crippen LogP contribution in [0.15, 0.2) is 119 Å². The number of ether oxygens (including phenoxy) is 4. The van der Waals surface area contributed by atoms with Crippen molar-refractivity contribution in [2.45, 2.75) is 55.4 Å². The van der Waals surface area contributed by atoms with E-state index >= 15 is 0 Å². The van der Waals surface area contributed by atoms with Crippen molar-refractivity contribution in [3.63, 3.8) is 0 Å². The smallest absolute Gasteiger partial charge is 0.348 e. The predicted molar refractivity (Wildman–Crippen MR) is 301 cm³/mol. The Balaban J connectivity index is 1.79. The van der Waals surface area contributed by atoms with Crippen molar-refractivity contribution in [3.8, 4) is 24.3 Å². The molecule has 4 aromatic rings. The molecule has 0 fully saturated rings. The van der Waals surface area contributed by atoms with E-state index in [1.54, 1.807) is 48.5 Å². The van der Waals surface area contributed by atoms with E-state index in [-0.39, 0.29) is 0 Å². The van der Waals surface area contributed by atoms with Crippen molar-refractivity contribution in [2.75, 3.05) is 98.4 Å². The van der Waals surface area contributed by atoms with Crippen LogP contribution in [0.25, 0.3) is 24.3 Å². The van der Waals surface area contributed by atoms with Crippen LogP contribution in [-0.4, -0.2) is 103 Å².